The number of aryl methyl sites for hydroxylation is 1. The van der Waals surface area contributed by atoms with Crippen molar-refractivity contribution in [1.82, 2.24) is 10.1 Å². The van der Waals surface area contributed by atoms with Crippen LogP contribution in [-0.2, 0) is 16.6 Å². The maximum atomic E-state index is 13.6. The number of anilines is 2. The Morgan fingerprint density at radius 1 is 1.00 bits per heavy atom. The molecule has 0 saturated carbocycles. The van der Waals surface area contributed by atoms with Gasteiger partial charge in [-0.2, -0.15) is 9.29 Å². The van der Waals surface area contributed by atoms with Crippen molar-refractivity contribution < 1.29 is 22.1 Å². The van der Waals surface area contributed by atoms with E-state index in [0.717, 1.165) is 9.87 Å². The first kappa shape index (κ1) is 20.8. The first-order valence-electron chi connectivity index (χ1n) is 9.95. The lowest BCUT2D eigenvalue weighted by Crippen LogP contribution is -2.50. The Hall–Kier alpha value is -4.05. The molecule has 8 nitrogen and oxygen atoms in total. The molecule has 0 saturated heterocycles. The van der Waals surface area contributed by atoms with Crippen LogP contribution in [0.25, 0.3) is 11.4 Å². The van der Waals surface area contributed by atoms with E-state index in [1.807, 2.05) is 13.0 Å². The van der Waals surface area contributed by atoms with Crippen molar-refractivity contribution in [2.75, 3.05) is 9.21 Å². The summed E-state index contributed by atoms with van der Waals surface area (Å²) in [4.78, 5) is 19.0. The third-order valence-electron chi connectivity index (χ3n) is 5.16. The molecular weight excluding hydrogens is 447 g/mol. The molecule has 166 valence electrons. The molecule has 0 fully saturated rings. The average Bonchev–Trinajstić information content (AvgIpc) is 3.25. The van der Waals surface area contributed by atoms with Crippen LogP contribution >= 0.6 is 0 Å². The first-order valence-corrected chi connectivity index (χ1v) is 11.4. The minimum Gasteiger partial charge on any atom is -0.337 e. The number of aromatic nitrogens is 2. The van der Waals surface area contributed by atoms with Crippen molar-refractivity contribution >= 4 is 27.4 Å². The predicted octanol–water partition coefficient (Wildman–Crippen LogP) is 4.52. The van der Waals surface area contributed by atoms with E-state index in [0.29, 0.717) is 5.56 Å². The van der Waals surface area contributed by atoms with Crippen LogP contribution in [0.5, 0.6) is 0 Å². The highest BCUT2D eigenvalue weighted by atomic mass is 32.2. The van der Waals surface area contributed by atoms with Gasteiger partial charge in [-0.25, -0.2) is 17.6 Å². The van der Waals surface area contributed by atoms with Gasteiger partial charge in [0, 0.05) is 5.56 Å². The Bertz CT molecular complexity index is 1490. The second-order valence-corrected chi connectivity index (χ2v) is 9.22. The number of carbonyl (C=O) groups is 1. The van der Waals surface area contributed by atoms with E-state index >= 15 is 0 Å². The average molecular weight is 464 g/mol. The highest BCUT2D eigenvalue weighted by Gasteiger charge is 2.43. The number of hydrogen-bond acceptors (Lipinski definition) is 6. The number of amides is 2. The van der Waals surface area contributed by atoms with E-state index in [2.05, 4.69) is 10.1 Å². The van der Waals surface area contributed by atoms with Gasteiger partial charge in [0.05, 0.1) is 11.4 Å². The minimum absolute atomic E-state index is 0.0176. The molecular formula is C23H17FN4O4S. The lowest BCUT2D eigenvalue weighted by Gasteiger charge is -2.35. The van der Waals surface area contributed by atoms with Gasteiger partial charge in [0.1, 0.15) is 17.3 Å². The molecule has 0 unspecified atom stereocenters. The molecule has 4 aromatic rings. The zero-order chi connectivity index (χ0) is 23.2. The van der Waals surface area contributed by atoms with Crippen LogP contribution in [-0.4, -0.2) is 24.6 Å². The van der Waals surface area contributed by atoms with E-state index in [-0.39, 0.29) is 34.5 Å². The summed E-state index contributed by atoms with van der Waals surface area (Å²) >= 11 is 0. The maximum Gasteiger partial charge on any atom is 0.343 e. The number of para-hydroxylation sites is 1. The monoisotopic (exact) mass is 464 g/mol. The Morgan fingerprint density at radius 3 is 2.58 bits per heavy atom. The molecule has 10 heteroatoms. The Morgan fingerprint density at radius 2 is 1.79 bits per heavy atom. The summed E-state index contributed by atoms with van der Waals surface area (Å²) in [6.07, 6.45) is 0. The molecule has 1 aliphatic heterocycles. The van der Waals surface area contributed by atoms with Crippen molar-refractivity contribution in [3.8, 4) is 11.4 Å². The summed E-state index contributed by atoms with van der Waals surface area (Å²) in [5, 5.41) is 3.87. The molecule has 3 aromatic carbocycles. The lowest BCUT2D eigenvalue weighted by molar-refractivity contribution is 0.252. The zero-order valence-electron chi connectivity index (χ0n) is 17.3. The fourth-order valence-electron chi connectivity index (χ4n) is 3.67. The number of fused-ring (bicyclic) bond motifs is 1. The third kappa shape index (κ3) is 3.64. The molecule has 0 spiro atoms. The molecule has 5 rings (SSSR count). The van der Waals surface area contributed by atoms with Gasteiger partial charge in [0.2, 0.25) is 11.7 Å². The van der Waals surface area contributed by atoms with Gasteiger partial charge in [-0.3, -0.25) is 4.90 Å². The number of halogens is 1. The highest BCUT2D eigenvalue weighted by molar-refractivity contribution is 7.94. The molecule has 2 amide bonds. The molecule has 1 aromatic heterocycles. The van der Waals surface area contributed by atoms with E-state index in [9.17, 15) is 17.6 Å². The summed E-state index contributed by atoms with van der Waals surface area (Å²) < 4.78 is 46.3. The van der Waals surface area contributed by atoms with E-state index in [1.54, 1.807) is 42.5 Å². The predicted molar refractivity (Wildman–Crippen MR) is 119 cm³/mol. The van der Waals surface area contributed by atoms with Gasteiger partial charge in [-0.1, -0.05) is 41.6 Å². The Balaban J connectivity index is 1.57. The minimum atomic E-state index is -4.14. The summed E-state index contributed by atoms with van der Waals surface area (Å²) in [5.74, 6) is -0.218. The van der Waals surface area contributed by atoms with Crippen molar-refractivity contribution in [3.63, 3.8) is 0 Å². The molecule has 0 bridgehead atoms. The van der Waals surface area contributed by atoms with Gasteiger partial charge in [0.15, 0.2) is 0 Å². The molecule has 2 heterocycles. The number of urea groups is 1. The number of rotatable bonds is 4. The molecule has 0 N–H and O–H groups in total. The fourth-order valence-corrected chi connectivity index (χ4v) is 5.25. The van der Waals surface area contributed by atoms with Crippen molar-refractivity contribution in [1.29, 1.82) is 0 Å². The normalized spacial score (nSPS) is 14.9. The SMILES string of the molecule is Cc1cccc(N2C(=O)N(Cc3nc(-c4cccc(F)c4)no3)c3ccccc3S2(=O)=O)c1. The number of hydrogen-bond donors (Lipinski definition) is 0. The summed E-state index contributed by atoms with van der Waals surface area (Å²) in [5.41, 5.74) is 1.65. The van der Waals surface area contributed by atoms with Crippen molar-refractivity contribution in [2.45, 2.75) is 18.4 Å². The Labute approximate surface area is 188 Å². The van der Waals surface area contributed by atoms with Crippen LogP contribution < -0.4 is 9.21 Å². The number of benzene rings is 3. The maximum absolute atomic E-state index is 13.6. The number of nitrogens with zero attached hydrogens (tertiary/aromatic N) is 4. The number of carbonyl (C=O) groups excluding carboxylic acids is 1. The zero-order valence-corrected chi connectivity index (χ0v) is 18.2. The largest absolute Gasteiger partial charge is 0.343 e. The molecule has 0 atom stereocenters. The second-order valence-electron chi connectivity index (χ2n) is 7.47. The van der Waals surface area contributed by atoms with Gasteiger partial charge < -0.3 is 4.52 Å². The topological polar surface area (TPSA) is 96.6 Å². The Kier molecular flexibility index (Phi) is 4.94. The summed E-state index contributed by atoms with van der Waals surface area (Å²) in [7, 11) is -4.14. The lowest BCUT2D eigenvalue weighted by atomic mass is 10.2. The standard InChI is InChI=1S/C23H17FN4O4S/c1-15-6-4-9-18(12-15)28-23(29)27(19-10-2-3-11-20(19)33(28,30)31)14-21-25-22(26-32-21)16-7-5-8-17(24)13-16/h2-13H,14H2,1H3. The van der Waals surface area contributed by atoms with E-state index < -0.39 is 21.9 Å². The fraction of sp³-hybridized carbons (Fsp3) is 0.0870. The van der Waals surface area contributed by atoms with Gasteiger partial charge in [-0.15, -0.1) is 0 Å². The molecule has 33 heavy (non-hydrogen) atoms. The quantitative estimate of drug-likeness (QED) is 0.441. The van der Waals surface area contributed by atoms with Gasteiger partial charge >= 0.3 is 6.03 Å². The molecule has 0 aliphatic carbocycles. The summed E-state index contributed by atoms with van der Waals surface area (Å²) in [6, 6.07) is 17.8. The van der Waals surface area contributed by atoms with Gasteiger partial charge in [0.25, 0.3) is 10.0 Å². The van der Waals surface area contributed by atoms with Crippen molar-refractivity contribution in [3.05, 3.63) is 90.1 Å². The molecule has 1 aliphatic rings. The molecule has 0 radical (unpaired) electrons. The summed E-state index contributed by atoms with van der Waals surface area (Å²) in [6.45, 7) is 1.64. The van der Waals surface area contributed by atoms with Crippen LogP contribution in [0, 0.1) is 12.7 Å². The van der Waals surface area contributed by atoms with Crippen LogP contribution in [0.3, 0.4) is 0 Å². The third-order valence-corrected chi connectivity index (χ3v) is 6.91. The van der Waals surface area contributed by atoms with Crippen LogP contribution in [0.1, 0.15) is 11.5 Å². The van der Waals surface area contributed by atoms with Crippen LogP contribution in [0.15, 0.2) is 82.2 Å². The van der Waals surface area contributed by atoms with Crippen LogP contribution in [0.2, 0.25) is 0 Å². The van der Waals surface area contributed by atoms with E-state index in [1.165, 1.54) is 29.2 Å². The first-order chi connectivity index (χ1) is 15.8. The second kappa shape index (κ2) is 7.82. The van der Waals surface area contributed by atoms with E-state index in [4.69, 9.17) is 4.52 Å². The van der Waals surface area contributed by atoms with Crippen LogP contribution in [0.4, 0.5) is 20.6 Å². The smallest absolute Gasteiger partial charge is 0.337 e. The van der Waals surface area contributed by atoms with Crippen molar-refractivity contribution in [2.24, 2.45) is 0 Å². The van der Waals surface area contributed by atoms with Gasteiger partial charge in [-0.05, 0) is 48.9 Å². The number of sulfonamides is 1. The highest BCUT2D eigenvalue weighted by Crippen LogP contribution is 2.38.